The van der Waals surface area contributed by atoms with Gasteiger partial charge in [-0.2, -0.15) is 0 Å². The lowest BCUT2D eigenvalue weighted by Crippen LogP contribution is -2.00. The molecule has 94 valence electrons. The maximum absolute atomic E-state index is 12.9. The summed E-state index contributed by atoms with van der Waals surface area (Å²) in [5, 5.41) is 0.330. The number of benzene rings is 2. The first-order valence-corrected chi connectivity index (χ1v) is 7.34. The molecule has 2 aromatic rings. The second kappa shape index (κ2) is 6.12. The van der Waals surface area contributed by atoms with Gasteiger partial charge >= 0.3 is 0 Å². The molecule has 0 heterocycles. The van der Waals surface area contributed by atoms with Crippen LogP contribution in [0.3, 0.4) is 0 Å². The highest BCUT2D eigenvalue weighted by Gasteiger charge is 2.07. The average molecular weight is 283 g/mol. The van der Waals surface area contributed by atoms with Crippen molar-refractivity contribution in [1.82, 2.24) is 0 Å². The molecular weight excluding hydrogens is 271 g/mol. The lowest BCUT2D eigenvalue weighted by molar-refractivity contribution is 0.627. The molecule has 0 saturated carbocycles. The highest BCUT2D eigenvalue weighted by atomic mass is 35.5. The van der Waals surface area contributed by atoms with Crippen LogP contribution < -0.4 is 0 Å². The lowest BCUT2D eigenvalue weighted by Gasteiger charge is -2.05. The van der Waals surface area contributed by atoms with Crippen LogP contribution in [0.25, 0.3) is 0 Å². The van der Waals surface area contributed by atoms with Gasteiger partial charge in [0, 0.05) is 21.6 Å². The average Bonchev–Trinajstić information content (AvgIpc) is 2.34. The topological polar surface area (TPSA) is 17.1 Å². The maximum Gasteiger partial charge on any atom is 0.124 e. The summed E-state index contributed by atoms with van der Waals surface area (Å²) in [4.78, 5) is 0. The maximum atomic E-state index is 12.9. The smallest absolute Gasteiger partial charge is 0.124 e. The monoisotopic (exact) mass is 282 g/mol. The van der Waals surface area contributed by atoms with Gasteiger partial charge in [-0.25, -0.2) is 4.39 Å². The normalized spacial score (nSPS) is 12.3. The zero-order chi connectivity index (χ0) is 13.0. The van der Waals surface area contributed by atoms with Crippen LogP contribution in [0.4, 0.5) is 4.39 Å². The minimum absolute atomic E-state index is 0.330. The summed E-state index contributed by atoms with van der Waals surface area (Å²) in [6.45, 7) is 0. The van der Waals surface area contributed by atoms with Crippen molar-refractivity contribution in [3.63, 3.8) is 0 Å². The Kier molecular flexibility index (Phi) is 4.50. The summed E-state index contributed by atoms with van der Waals surface area (Å²) < 4.78 is 24.8. The van der Waals surface area contributed by atoms with Crippen LogP contribution in [0.1, 0.15) is 11.1 Å². The Bertz CT molecular complexity index is 557. The third kappa shape index (κ3) is 3.65. The molecule has 0 radical (unpaired) electrons. The van der Waals surface area contributed by atoms with Gasteiger partial charge in [-0.05, 0) is 23.3 Å². The van der Waals surface area contributed by atoms with Gasteiger partial charge in [0.2, 0.25) is 0 Å². The Morgan fingerprint density at radius 1 is 1.06 bits per heavy atom. The van der Waals surface area contributed by atoms with Crippen LogP contribution in [-0.4, -0.2) is 4.21 Å². The van der Waals surface area contributed by atoms with E-state index >= 15 is 0 Å². The molecule has 0 aliphatic heterocycles. The first-order valence-electron chi connectivity index (χ1n) is 5.48. The minimum atomic E-state index is -1.05. The van der Waals surface area contributed by atoms with E-state index in [1.807, 2.05) is 30.3 Å². The van der Waals surface area contributed by atoms with Crippen LogP contribution >= 0.6 is 11.6 Å². The van der Waals surface area contributed by atoms with Crippen LogP contribution in [-0.2, 0) is 22.3 Å². The summed E-state index contributed by atoms with van der Waals surface area (Å²) in [5.41, 5.74) is 1.74. The van der Waals surface area contributed by atoms with Crippen molar-refractivity contribution in [1.29, 1.82) is 0 Å². The van der Waals surface area contributed by atoms with Crippen molar-refractivity contribution in [3.8, 4) is 0 Å². The highest BCUT2D eigenvalue weighted by Crippen LogP contribution is 2.19. The molecule has 18 heavy (non-hydrogen) atoms. The Hall–Kier alpha value is -1.19. The molecule has 0 bridgehead atoms. The van der Waals surface area contributed by atoms with E-state index in [0.29, 0.717) is 22.1 Å². The van der Waals surface area contributed by atoms with Gasteiger partial charge in [0.1, 0.15) is 5.82 Å². The molecule has 0 aromatic heterocycles. The van der Waals surface area contributed by atoms with E-state index in [9.17, 15) is 8.60 Å². The van der Waals surface area contributed by atoms with E-state index in [-0.39, 0.29) is 5.82 Å². The van der Waals surface area contributed by atoms with Crippen molar-refractivity contribution < 1.29 is 8.60 Å². The van der Waals surface area contributed by atoms with Crippen molar-refractivity contribution in [2.45, 2.75) is 11.5 Å². The number of hydrogen-bond acceptors (Lipinski definition) is 1. The van der Waals surface area contributed by atoms with Crippen LogP contribution in [0.5, 0.6) is 0 Å². The largest absolute Gasteiger partial charge is 0.259 e. The van der Waals surface area contributed by atoms with E-state index in [1.165, 1.54) is 12.1 Å². The number of halogens is 2. The standard InChI is InChI=1S/C14H12ClFOS/c15-14-8-13(16)7-6-12(14)10-18(17)9-11-4-2-1-3-5-11/h1-8H,9-10H2. The van der Waals surface area contributed by atoms with Gasteiger partial charge in [-0.3, -0.25) is 4.21 Å². The van der Waals surface area contributed by atoms with Gasteiger partial charge in [0.05, 0.1) is 5.75 Å². The van der Waals surface area contributed by atoms with Gasteiger partial charge in [-0.1, -0.05) is 48.0 Å². The first-order chi connectivity index (χ1) is 8.65. The van der Waals surface area contributed by atoms with Gasteiger partial charge in [0.15, 0.2) is 0 Å². The lowest BCUT2D eigenvalue weighted by atomic mass is 10.2. The van der Waals surface area contributed by atoms with E-state index in [0.717, 1.165) is 5.56 Å². The molecule has 0 aliphatic carbocycles. The highest BCUT2D eigenvalue weighted by molar-refractivity contribution is 7.83. The molecule has 2 rings (SSSR count). The van der Waals surface area contributed by atoms with E-state index < -0.39 is 10.8 Å². The predicted octanol–water partition coefficient (Wildman–Crippen LogP) is 3.93. The summed E-state index contributed by atoms with van der Waals surface area (Å²) in [5.74, 6) is 0.445. The predicted molar refractivity (Wildman–Crippen MR) is 73.4 cm³/mol. The molecule has 4 heteroatoms. The zero-order valence-electron chi connectivity index (χ0n) is 9.61. The number of rotatable bonds is 4. The van der Waals surface area contributed by atoms with E-state index in [4.69, 9.17) is 11.6 Å². The molecule has 1 nitrogen and oxygen atoms in total. The molecule has 0 spiro atoms. The number of hydrogen-bond donors (Lipinski definition) is 0. The van der Waals surface area contributed by atoms with E-state index in [2.05, 4.69) is 0 Å². The molecule has 0 aliphatic rings. The molecule has 2 aromatic carbocycles. The van der Waals surface area contributed by atoms with Crippen LogP contribution in [0.15, 0.2) is 48.5 Å². The molecule has 1 atom stereocenters. The van der Waals surface area contributed by atoms with Crippen molar-refractivity contribution in [2.24, 2.45) is 0 Å². The molecule has 0 fully saturated rings. The summed E-state index contributed by atoms with van der Waals surface area (Å²) in [6, 6.07) is 13.8. The summed E-state index contributed by atoms with van der Waals surface area (Å²) >= 11 is 5.90. The molecule has 1 unspecified atom stereocenters. The minimum Gasteiger partial charge on any atom is -0.259 e. The van der Waals surface area contributed by atoms with E-state index in [1.54, 1.807) is 6.07 Å². The Labute approximate surface area is 113 Å². The fraction of sp³-hybridized carbons (Fsp3) is 0.143. The summed E-state index contributed by atoms with van der Waals surface area (Å²) in [7, 11) is -1.05. The van der Waals surface area contributed by atoms with Crippen molar-refractivity contribution in [3.05, 3.63) is 70.5 Å². The van der Waals surface area contributed by atoms with Gasteiger partial charge < -0.3 is 0 Å². The van der Waals surface area contributed by atoms with Crippen molar-refractivity contribution >= 4 is 22.4 Å². The molecule has 0 amide bonds. The fourth-order valence-corrected chi connectivity index (χ4v) is 3.20. The Morgan fingerprint density at radius 3 is 2.44 bits per heavy atom. The second-order valence-corrected chi connectivity index (χ2v) is 5.81. The van der Waals surface area contributed by atoms with Crippen LogP contribution in [0.2, 0.25) is 5.02 Å². The molecular formula is C14H12ClFOS. The van der Waals surface area contributed by atoms with Crippen molar-refractivity contribution in [2.75, 3.05) is 0 Å². The third-order valence-electron chi connectivity index (χ3n) is 2.50. The van der Waals surface area contributed by atoms with Gasteiger partial charge in [-0.15, -0.1) is 0 Å². The third-order valence-corrected chi connectivity index (χ3v) is 4.14. The first kappa shape index (κ1) is 13.2. The van der Waals surface area contributed by atoms with Crippen LogP contribution in [0, 0.1) is 5.82 Å². The Balaban J connectivity index is 2.03. The summed E-state index contributed by atoms with van der Waals surface area (Å²) in [6.07, 6.45) is 0. The van der Waals surface area contributed by atoms with Gasteiger partial charge in [0.25, 0.3) is 0 Å². The quantitative estimate of drug-likeness (QED) is 0.830. The SMILES string of the molecule is O=S(Cc1ccccc1)Cc1ccc(F)cc1Cl. The molecule has 0 N–H and O–H groups in total. The fourth-order valence-electron chi connectivity index (χ4n) is 1.62. The molecule has 0 saturated heterocycles. The zero-order valence-corrected chi connectivity index (χ0v) is 11.2. The second-order valence-electron chi connectivity index (χ2n) is 3.95. The Morgan fingerprint density at radius 2 is 1.78 bits per heavy atom.